The molecule has 2 atom stereocenters. The van der Waals surface area contributed by atoms with Crippen molar-refractivity contribution in [3.8, 4) is 0 Å². The third kappa shape index (κ3) is 5.44. The Balaban J connectivity index is 2.21. The molecule has 0 heterocycles. The minimum atomic E-state index is -0.697. The van der Waals surface area contributed by atoms with Crippen LogP contribution in [0.15, 0.2) is 0 Å². The highest BCUT2D eigenvalue weighted by molar-refractivity contribution is 7.85. The van der Waals surface area contributed by atoms with Crippen molar-refractivity contribution in [2.75, 3.05) is 11.5 Å². The van der Waals surface area contributed by atoms with Crippen molar-refractivity contribution < 1.29 is 4.21 Å². The molecule has 3 heteroatoms. The molecule has 0 aliphatic heterocycles. The molecule has 0 radical (unpaired) electrons. The molecule has 0 amide bonds. The molecule has 0 aromatic heterocycles. The van der Waals surface area contributed by atoms with Crippen molar-refractivity contribution in [3.05, 3.63) is 0 Å². The summed E-state index contributed by atoms with van der Waals surface area (Å²) in [7, 11) is -0.697. The molecule has 2 nitrogen and oxygen atoms in total. The van der Waals surface area contributed by atoms with Crippen molar-refractivity contribution in [1.29, 1.82) is 0 Å². The lowest BCUT2D eigenvalue weighted by Crippen LogP contribution is -2.37. The second-order valence-electron chi connectivity index (χ2n) is 5.56. The van der Waals surface area contributed by atoms with Crippen LogP contribution in [-0.2, 0) is 10.8 Å². The second-order valence-corrected chi connectivity index (χ2v) is 7.18. The van der Waals surface area contributed by atoms with Gasteiger partial charge >= 0.3 is 0 Å². The molecule has 0 bridgehead atoms. The molecule has 2 unspecified atom stereocenters. The molecular weight excluding hydrogens is 218 g/mol. The smallest absolute Gasteiger partial charge is 0.0389 e. The lowest BCUT2D eigenvalue weighted by atomic mass is 9.85. The highest BCUT2D eigenvalue weighted by Crippen LogP contribution is 2.26. The molecule has 16 heavy (non-hydrogen) atoms. The van der Waals surface area contributed by atoms with E-state index >= 15 is 0 Å². The average molecular weight is 245 g/mol. The summed E-state index contributed by atoms with van der Waals surface area (Å²) in [5, 5.41) is 0. The first-order valence-electron chi connectivity index (χ1n) is 6.70. The SMILES string of the molecule is CC(C)CCS(=O)CC(N)C1CCCCC1. The van der Waals surface area contributed by atoms with Gasteiger partial charge in [0.05, 0.1) is 0 Å². The van der Waals surface area contributed by atoms with Gasteiger partial charge in [-0.05, 0) is 31.1 Å². The molecule has 1 rings (SSSR count). The van der Waals surface area contributed by atoms with Crippen molar-refractivity contribution in [2.45, 2.75) is 58.4 Å². The van der Waals surface area contributed by atoms with Crippen LogP contribution >= 0.6 is 0 Å². The van der Waals surface area contributed by atoms with Crippen molar-refractivity contribution in [2.24, 2.45) is 17.6 Å². The Morgan fingerprint density at radius 3 is 2.44 bits per heavy atom. The maximum atomic E-state index is 11.8. The minimum Gasteiger partial charge on any atom is -0.327 e. The van der Waals surface area contributed by atoms with E-state index in [9.17, 15) is 4.21 Å². The molecule has 0 aromatic carbocycles. The highest BCUT2D eigenvalue weighted by Gasteiger charge is 2.21. The first-order valence-corrected chi connectivity index (χ1v) is 8.19. The van der Waals surface area contributed by atoms with Gasteiger partial charge in [0.2, 0.25) is 0 Å². The van der Waals surface area contributed by atoms with Crippen LogP contribution in [0.25, 0.3) is 0 Å². The van der Waals surface area contributed by atoms with Crippen LogP contribution in [0, 0.1) is 11.8 Å². The summed E-state index contributed by atoms with van der Waals surface area (Å²) in [6.45, 7) is 4.36. The third-order valence-corrected chi connectivity index (χ3v) is 5.00. The molecule has 0 aromatic rings. The first-order chi connectivity index (χ1) is 7.59. The number of rotatable bonds is 6. The van der Waals surface area contributed by atoms with Crippen LogP contribution in [0.1, 0.15) is 52.4 Å². The maximum Gasteiger partial charge on any atom is 0.0389 e. The molecule has 1 aliphatic carbocycles. The van der Waals surface area contributed by atoms with Gasteiger partial charge in [-0.2, -0.15) is 0 Å². The quantitative estimate of drug-likeness (QED) is 0.782. The largest absolute Gasteiger partial charge is 0.327 e. The predicted octanol–water partition coefficient (Wildman–Crippen LogP) is 2.69. The van der Waals surface area contributed by atoms with Crippen molar-refractivity contribution in [1.82, 2.24) is 0 Å². The van der Waals surface area contributed by atoms with Gasteiger partial charge in [-0.3, -0.25) is 4.21 Å². The van der Waals surface area contributed by atoms with Gasteiger partial charge in [-0.15, -0.1) is 0 Å². The Morgan fingerprint density at radius 2 is 1.88 bits per heavy atom. The lowest BCUT2D eigenvalue weighted by molar-refractivity contribution is 0.318. The average Bonchev–Trinajstić information content (AvgIpc) is 2.27. The molecule has 1 fully saturated rings. The lowest BCUT2D eigenvalue weighted by Gasteiger charge is -2.27. The summed E-state index contributed by atoms with van der Waals surface area (Å²) in [6, 6.07) is 0.174. The van der Waals surface area contributed by atoms with E-state index in [1.165, 1.54) is 32.1 Å². The Labute approximate surface area is 103 Å². The van der Waals surface area contributed by atoms with Crippen LogP contribution in [0.5, 0.6) is 0 Å². The first kappa shape index (κ1) is 14.2. The van der Waals surface area contributed by atoms with E-state index in [1.54, 1.807) is 0 Å². The van der Waals surface area contributed by atoms with E-state index in [0.29, 0.717) is 11.8 Å². The summed E-state index contributed by atoms with van der Waals surface area (Å²) in [5.41, 5.74) is 6.16. The fourth-order valence-electron chi connectivity index (χ4n) is 2.36. The fraction of sp³-hybridized carbons (Fsp3) is 1.00. The van der Waals surface area contributed by atoms with Gasteiger partial charge in [0, 0.05) is 28.3 Å². The molecule has 1 aliphatic rings. The van der Waals surface area contributed by atoms with Crippen LogP contribution in [0.2, 0.25) is 0 Å². The zero-order valence-electron chi connectivity index (χ0n) is 10.8. The summed E-state index contributed by atoms with van der Waals surface area (Å²) < 4.78 is 11.8. The van der Waals surface area contributed by atoms with Gasteiger partial charge in [0.1, 0.15) is 0 Å². The van der Waals surface area contributed by atoms with Crippen LogP contribution in [0.4, 0.5) is 0 Å². The summed E-state index contributed by atoms with van der Waals surface area (Å²) in [6.07, 6.45) is 7.56. The second kappa shape index (κ2) is 7.44. The van der Waals surface area contributed by atoms with Gasteiger partial charge in [0.15, 0.2) is 0 Å². The van der Waals surface area contributed by atoms with Crippen LogP contribution < -0.4 is 5.73 Å². The molecule has 0 spiro atoms. The van der Waals surface area contributed by atoms with Gasteiger partial charge in [-0.25, -0.2) is 0 Å². The molecule has 0 saturated heterocycles. The number of hydrogen-bond acceptors (Lipinski definition) is 2. The summed E-state index contributed by atoms with van der Waals surface area (Å²) in [5.74, 6) is 2.83. The Morgan fingerprint density at radius 1 is 1.25 bits per heavy atom. The summed E-state index contributed by atoms with van der Waals surface area (Å²) in [4.78, 5) is 0. The minimum absolute atomic E-state index is 0.174. The van der Waals surface area contributed by atoms with Crippen LogP contribution in [-0.4, -0.2) is 21.8 Å². The van der Waals surface area contributed by atoms with Crippen molar-refractivity contribution >= 4 is 10.8 Å². The van der Waals surface area contributed by atoms with Gasteiger partial charge in [0.25, 0.3) is 0 Å². The zero-order chi connectivity index (χ0) is 12.0. The topological polar surface area (TPSA) is 43.1 Å². The van der Waals surface area contributed by atoms with E-state index in [1.807, 2.05) is 0 Å². The predicted molar refractivity (Wildman–Crippen MR) is 71.9 cm³/mol. The molecule has 2 N–H and O–H groups in total. The third-order valence-electron chi connectivity index (χ3n) is 3.56. The van der Waals surface area contributed by atoms with Gasteiger partial charge < -0.3 is 5.73 Å². The van der Waals surface area contributed by atoms with E-state index in [4.69, 9.17) is 5.73 Å². The fourth-order valence-corrected chi connectivity index (χ4v) is 3.97. The van der Waals surface area contributed by atoms with Gasteiger partial charge in [-0.1, -0.05) is 33.1 Å². The number of nitrogens with two attached hydrogens (primary N) is 1. The highest BCUT2D eigenvalue weighted by atomic mass is 32.2. The molecular formula is C13H27NOS. The zero-order valence-corrected chi connectivity index (χ0v) is 11.6. The Hall–Kier alpha value is 0.110. The standard InChI is InChI=1S/C13H27NOS/c1-11(2)8-9-16(15)10-13(14)12-6-4-3-5-7-12/h11-13H,3-10,14H2,1-2H3. The monoisotopic (exact) mass is 245 g/mol. The Kier molecular flexibility index (Phi) is 6.59. The normalized spacial score (nSPS) is 22.2. The molecule has 1 saturated carbocycles. The summed E-state index contributed by atoms with van der Waals surface area (Å²) >= 11 is 0. The maximum absolute atomic E-state index is 11.8. The van der Waals surface area contributed by atoms with Crippen molar-refractivity contribution in [3.63, 3.8) is 0 Å². The molecule has 96 valence electrons. The Bertz CT molecular complexity index is 212. The van der Waals surface area contributed by atoms with E-state index in [0.717, 1.165) is 17.9 Å². The number of hydrogen-bond donors (Lipinski definition) is 1. The van der Waals surface area contributed by atoms with Crippen LogP contribution in [0.3, 0.4) is 0 Å². The van der Waals surface area contributed by atoms with E-state index in [2.05, 4.69) is 13.8 Å². The van der Waals surface area contributed by atoms with E-state index < -0.39 is 10.8 Å². The van der Waals surface area contributed by atoms with E-state index in [-0.39, 0.29) is 6.04 Å².